The van der Waals surface area contributed by atoms with Crippen LogP contribution >= 0.6 is 0 Å². The van der Waals surface area contributed by atoms with Gasteiger partial charge in [0.1, 0.15) is 5.75 Å². The molecule has 0 atom stereocenters. The molecule has 0 spiro atoms. The van der Waals surface area contributed by atoms with Gasteiger partial charge in [0.2, 0.25) is 0 Å². The van der Waals surface area contributed by atoms with E-state index in [1.807, 2.05) is 36.1 Å². The van der Waals surface area contributed by atoms with Crippen molar-refractivity contribution in [2.75, 3.05) is 43.0 Å². The van der Waals surface area contributed by atoms with Gasteiger partial charge in [0.05, 0.1) is 6.61 Å². The van der Waals surface area contributed by atoms with Gasteiger partial charge in [0.15, 0.2) is 0 Å². The van der Waals surface area contributed by atoms with Gasteiger partial charge in [0.25, 0.3) is 0 Å². The van der Waals surface area contributed by atoms with E-state index in [2.05, 4.69) is 42.3 Å². The fourth-order valence-electron chi connectivity index (χ4n) is 3.44. The van der Waals surface area contributed by atoms with E-state index in [1.165, 1.54) is 16.8 Å². The summed E-state index contributed by atoms with van der Waals surface area (Å²) in [6.07, 6.45) is 0. The highest BCUT2D eigenvalue weighted by Gasteiger charge is 2.22. The Morgan fingerprint density at radius 3 is 2.19 bits per heavy atom. The van der Waals surface area contributed by atoms with E-state index < -0.39 is 0 Å². The molecule has 2 amide bonds. The Balaban J connectivity index is 1.56. The van der Waals surface area contributed by atoms with Crippen molar-refractivity contribution in [1.82, 2.24) is 4.90 Å². The molecule has 5 heteroatoms. The average molecular weight is 353 g/mol. The number of benzene rings is 2. The summed E-state index contributed by atoms with van der Waals surface area (Å²) >= 11 is 0. The van der Waals surface area contributed by atoms with E-state index in [1.54, 1.807) is 0 Å². The third-order valence-electron chi connectivity index (χ3n) is 4.74. The Morgan fingerprint density at radius 1 is 1.00 bits per heavy atom. The second-order valence-electron chi connectivity index (χ2n) is 6.60. The molecule has 0 bridgehead atoms. The first-order valence-corrected chi connectivity index (χ1v) is 9.18. The molecule has 0 saturated carbocycles. The van der Waals surface area contributed by atoms with E-state index in [4.69, 9.17) is 4.74 Å². The van der Waals surface area contributed by atoms with Gasteiger partial charge in [-0.15, -0.1) is 0 Å². The summed E-state index contributed by atoms with van der Waals surface area (Å²) in [5.74, 6) is 0.813. The number of anilines is 2. The molecule has 2 aromatic carbocycles. The summed E-state index contributed by atoms with van der Waals surface area (Å²) in [7, 11) is 0. The van der Waals surface area contributed by atoms with Gasteiger partial charge < -0.3 is 19.9 Å². The number of carbonyl (C=O) groups excluding carboxylic acids is 1. The maximum atomic E-state index is 12.5. The molecule has 0 aromatic heterocycles. The van der Waals surface area contributed by atoms with Crippen LogP contribution in [-0.2, 0) is 0 Å². The second kappa shape index (κ2) is 8.13. The van der Waals surface area contributed by atoms with Crippen molar-refractivity contribution >= 4 is 17.4 Å². The molecule has 1 heterocycles. The summed E-state index contributed by atoms with van der Waals surface area (Å²) in [6, 6.07) is 13.8. The monoisotopic (exact) mass is 353 g/mol. The maximum Gasteiger partial charge on any atom is 0.321 e. The highest BCUT2D eigenvalue weighted by molar-refractivity contribution is 5.89. The van der Waals surface area contributed by atoms with Crippen LogP contribution in [-0.4, -0.2) is 43.7 Å². The zero-order chi connectivity index (χ0) is 18.5. The van der Waals surface area contributed by atoms with Gasteiger partial charge in [-0.05, 0) is 56.2 Å². The number of aryl methyl sites for hydroxylation is 2. The number of amides is 2. The Bertz CT molecular complexity index is 730. The molecule has 26 heavy (non-hydrogen) atoms. The highest BCUT2D eigenvalue weighted by Crippen LogP contribution is 2.25. The molecular weight excluding hydrogens is 326 g/mol. The van der Waals surface area contributed by atoms with Gasteiger partial charge in [-0.25, -0.2) is 4.79 Å². The molecule has 138 valence electrons. The van der Waals surface area contributed by atoms with Gasteiger partial charge >= 0.3 is 6.03 Å². The first-order valence-electron chi connectivity index (χ1n) is 9.18. The largest absolute Gasteiger partial charge is 0.494 e. The third kappa shape index (κ3) is 4.10. The van der Waals surface area contributed by atoms with Crippen molar-refractivity contribution < 1.29 is 9.53 Å². The zero-order valence-corrected chi connectivity index (χ0v) is 15.8. The molecule has 1 aliphatic rings. The fraction of sp³-hybridized carbons (Fsp3) is 0.381. The van der Waals surface area contributed by atoms with Crippen LogP contribution in [0.1, 0.15) is 18.1 Å². The lowest BCUT2D eigenvalue weighted by atomic mass is 10.1. The Kier molecular flexibility index (Phi) is 5.66. The Morgan fingerprint density at radius 2 is 1.62 bits per heavy atom. The van der Waals surface area contributed by atoms with Crippen molar-refractivity contribution in [3.63, 3.8) is 0 Å². The fourth-order valence-corrected chi connectivity index (χ4v) is 3.44. The quantitative estimate of drug-likeness (QED) is 0.902. The molecule has 1 aliphatic heterocycles. The summed E-state index contributed by atoms with van der Waals surface area (Å²) in [6.45, 7) is 10.0. The standard InChI is InChI=1S/C21H27N3O2/c1-4-26-19-10-8-18(9-11-19)22-21(25)24-14-12-23(13-15-24)20-16(2)6-5-7-17(20)3/h5-11H,4,12-15H2,1-3H3,(H,22,25). The smallest absolute Gasteiger partial charge is 0.321 e. The van der Waals surface area contributed by atoms with E-state index in [9.17, 15) is 4.79 Å². The van der Waals surface area contributed by atoms with Crippen LogP contribution in [0.15, 0.2) is 42.5 Å². The molecule has 1 saturated heterocycles. The predicted molar refractivity (Wildman–Crippen MR) is 106 cm³/mol. The number of rotatable bonds is 4. The molecular formula is C21H27N3O2. The van der Waals surface area contributed by atoms with Crippen LogP contribution in [0.4, 0.5) is 16.2 Å². The van der Waals surface area contributed by atoms with Crippen molar-refractivity contribution in [2.24, 2.45) is 0 Å². The molecule has 3 rings (SSSR count). The van der Waals surface area contributed by atoms with E-state index in [0.29, 0.717) is 6.61 Å². The molecule has 1 N–H and O–H groups in total. The first kappa shape index (κ1) is 18.1. The normalized spacial score (nSPS) is 14.3. The number of urea groups is 1. The number of para-hydroxylation sites is 1. The molecule has 0 unspecified atom stereocenters. The molecule has 0 aliphatic carbocycles. The summed E-state index contributed by atoms with van der Waals surface area (Å²) in [5, 5.41) is 2.97. The summed E-state index contributed by atoms with van der Waals surface area (Å²) in [4.78, 5) is 16.8. The number of hydrogen-bond acceptors (Lipinski definition) is 3. The third-order valence-corrected chi connectivity index (χ3v) is 4.74. The zero-order valence-electron chi connectivity index (χ0n) is 15.8. The minimum atomic E-state index is -0.0460. The van der Waals surface area contributed by atoms with Gasteiger partial charge in [-0.3, -0.25) is 0 Å². The maximum absolute atomic E-state index is 12.5. The second-order valence-corrected chi connectivity index (χ2v) is 6.60. The number of carbonyl (C=O) groups is 1. The molecule has 2 aromatic rings. The van der Waals surface area contributed by atoms with Crippen LogP contribution in [0.3, 0.4) is 0 Å². The van der Waals surface area contributed by atoms with Crippen molar-refractivity contribution in [2.45, 2.75) is 20.8 Å². The summed E-state index contributed by atoms with van der Waals surface area (Å²) < 4.78 is 5.43. The Hall–Kier alpha value is -2.69. The number of ether oxygens (including phenoxy) is 1. The SMILES string of the molecule is CCOc1ccc(NC(=O)N2CCN(c3c(C)cccc3C)CC2)cc1. The average Bonchev–Trinajstić information content (AvgIpc) is 2.64. The highest BCUT2D eigenvalue weighted by atomic mass is 16.5. The summed E-state index contributed by atoms with van der Waals surface area (Å²) in [5.41, 5.74) is 4.67. The van der Waals surface area contributed by atoms with Gasteiger partial charge in [-0.2, -0.15) is 0 Å². The van der Waals surface area contributed by atoms with E-state index in [-0.39, 0.29) is 6.03 Å². The lowest BCUT2D eigenvalue weighted by Crippen LogP contribution is -2.50. The number of nitrogens with one attached hydrogen (secondary N) is 1. The Labute approximate surface area is 155 Å². The number of piperazine rings is 1. The minimum Gasteiger partial charge on any atom is -0.494 e. The number of hydrogen-bond donors (Lipinski definition) is 1. The van der Waals surface area contributed by atoms with Gasteiger partial charge in [-0.1, -0.05) is 18.2 Å². The van der Waals surface area contributed by atoms with Crippen molar-refractivity contribution in [3.05, 3.63) is 53.6 Å². The number of nitrogens with zero attached hydrogens (tertiary/aromatic N) is 2. The molecule has 5 nitrogen and oxygen atoms in total. The van der Waals surface area contributed by atoms with Crippen molar-refractivity contribution in [1.29, 1.82) is 0 Å². The van der Waals surface area contributed by atoms with Crippen molar-refractivity contribution in [3.8, 4) is 5.75 Å². The first-order chi connectivity index (χ1) is 12.6. The molecule has 1 fully saturated rings. The predicted octanol–water partition coefficient (Wildman–Crippen LogP) is 4.06. The molecule has 0 radical (unpaired) electrons. The topological polar surface area (TPSA) is 44.8 Å². The van der Waals surface area contributed by atoms with Crippen LogP contribution in [0.5, 0.6) is 5.75 Å². The van der Waals surface area contributed by atoms with E-state index >= 15 is 0 Å². The van der Waals surface area contributed by atoms with Crippen LogP contribution < -0.4 is 15.0 Å². The van der Waals surface area contributed by atoms with Crippen LogP contribution in [0.25, 0.3) is 0 Å². The lowest BCUT2D eigenvalue weighted by molar-refractivity contribution is 0.208. The van der Waals surface area contributed by atoms with Crippen LogP contribution in [0.2, 0.25) is 0 Å². The van der Waals surface area contributed by atoms with E-state index in [0.717, 1.165) is 37.6 Å². The minimum absolute atomic E-state index is 0.0460. The van der Waals surface area contributed by atoms with Gasteiger partial charge in [0, 0.05) is 37.6 Å². The van der Waals surface area contributed by atoms with Crippen LogP contribution in [0, 0.1) is 13.8 Å². The lowest BCUT2D eigenvalue weighted by Gasteiger charge is -2.37.